The summed E-state index contributed by atoms with van der Waals surface area (Å²) in [5, 5.41) is 0. The zero-order chi connectivity index (χ0) is 12.7. The van der Waals surface area contributed by atoms with Crippen LogP contribution in [-0.4, -0.2) is 18.0 Å². The van der Waals surface area contributed by atoms with E-state index < -0.39 is 5.60 Å². The summed E-state index contributed by atoms with van der Waals surface area (Å²) in [6, 6.07) is 0. The summed E-state index contributed by atoms with van der Waals surface area (Å²) >= 11 is 0. The summed E-state index contributed by atoms with van der Waals surface area (Å²) in [6.45, 7) is 7.03. The summed E-state index contributed by atoms with van der Waals surface area (Å²) in [7, 11) is 0. The number of Topliss-reactive ketones (excluding diaryl/α,β-unsaturated/α-hetero) is 1. The molecule has 2 heteroatoms. The molecule has 2 nitrogen and oxygen atoms in total. The fourth-order valence-electron chi connectivity index (χ4n) is 2.96. The highest BCUT2D eigenvalue weighted by atomic mass is 16.5. The van der Waals surface area contributed by atoms with E-state index in [0.29, 0.717) is 12.2 Å². The minimum Gasteiger partial charge on any atom is -0.367 e. The van der Waals surface area contributed by atoms with Crippen molar-refractivity contribution in [3.63, 3.8) is 0 Å². The third-order valence-electron chi connectivity index (χ3n) is 4.02. The second-order valence-corrected chi connectivity index (χ2v) is 5.35. The molecule has 0 radical (unpaired) electrons. The molecule has 1 saturated carbocycles. The van der Waals surface area contributed by atoms with Gasteiger partial charge in [0.05, 0.1) is 0 Å². The predicted molar refractivity (Wildman–Crippen MR) is 71.1 cm³/mol. The zero-order valence-electron chi connectivity index (χ0n) is 11.8. The van der Waals surface area contributed by atoms with Crippen molar-refractivity contribution in [2.75, 3.05) is 6.61 Å². The Hall–Kier alpha value is -0.370. The van der Waals surface area contributed by atoms with Crippen LogP contribution in [0.2, 0.25) is 0 Å². The van der Waals surface area contributed by atoms with E-state index >= 15 is 0 Å². The maximum absolute atomic E-state index is 12.1. The van der Waals surface area contributed by atoms with Gasteiger partial charge < -0.3 is 4.74 Å². The van der Waals surface area contributed by atoms with Crippen molar-refractivity contribution in [1.29, 1.82) is 0 Å². The van der Waals surface area contributed by atoms with Gasteiger partial charge >= 0.3 is 0 Å². The predicted octanol–water partition coefficient (Wildman–Crippen LogP) is 4.12. The van der Waals surface area contributed by atoms with Gasteiger partial charge in [-0.3, -0.25) is 4.79 Å². The van der Waals surface area contributed by atoms with Crippen LogP contribution in [0.3, 0.4) is 0 Å². The molecule has 0 spiro atoms. The normalized spacial score (nSPS) is 29.2. The lowest BCUT2D eigenvalue weighted by Gasteiger charge is -2.38. The summed E-state index contributed by atoms with van der Waals surface area (Å²) in [6.07, 6.45) is 8.42. The Morgan fingerprint density at radius 3 is 2.29 bits per heavy atom. The molecule has 0 aromatic heterocycles. The van der Waals surface area contributed by atoms with Crippen molar-refractivity contribution < 1.29 is 9.53 Å². The van der Waals surface area contributed by atoms with Crippen LogP contribution in [0.15, 0.2) is 0 Å². The van der Waals surface area contributed by atoms with Crippen LogP contribution in [0.4, 0.5) is 0 Å². The molecule has 0 saturated heterocycles. The largest absolute Gasteiger partial charge is 0.367 e. The van der Waals surface area contributed by atoms with Crippen LogP contribution in [0.1, 0.15) is 72.1 Å². The lowest BCUT2D eigenvalue weighted by Crippen LogP contribution is -2.44. The van der Waals surface area contributed by atoms with Gasteiger partial charge in [0.1, 0.15) is 5.60 Å². The van der Waals surface area contributed by atoms with E-state index in [9.17, 15) is 4.79 Å². The van der Waals surface area contributed by atoms with E-state index in [0.717, 1.165) is 31.8 Å². The molecule has 0 aromatic carbocycles. The number of carbonyl (C=O) groups excluding carboxylic acids is 1. The van der Waals surface area contributed by atoms with E-state index in [2.05, 4.69) is 13.8 Å². The third kappa shape index (κ3) is 3.80. The molecule has 0 bridgehead atoms. The maximum Gasteiger partial charge on any atom is 0.164 e. The molecule has 0 N–H and O–H groups in total. The summed E-state index contributed by atoms with van der Waals surface area (Å²) in [4.78, 5) is 12.1. The van der Waals surface area contributed by atoms with Gasteiger partial charge in [-0.05, 0) is 38.0 Å². The smallest absolute Gasteiger partial charge is 0.164 e. The number of carbonyl (C=O) groups is 1. The molecule has 0 heterocycles. The summed E-state index contributed by atoms with van der Waals surface area (Å²) < 4.78 is 5.95. The Balaban J connectivity index is 2.58. The van der Waals surface area contributed by atoms with Gasteiger partial charge in [-0.25, -0.2) is 0 Å². The van der Waals surface area contributed by atoms with E-state index in [-0.39, 0.29) is 0 Å². The van der Waals surface area contributed by atoms with E-state index in [1.165, 1.54) is 25.7 Å². The second kappa shape index (κ2) is 7.15. The first-order chi connectivity index (χ1) is 8.18. The van der Waals surface area contributed by atoms with Gasteiger partial charge in [0.15, 0.2) is 5.78 Å². The topological polar surface area (TPSA) is 26.3 Å². The van der Waals surface area contributed by atoms with E-state index in [1.807, 2.05) is 6.92 Å². The van der Waals surface area contributed by atoms with Gasteiger partial charge in [-0.1, -0.05) is 33.6 Å². The molecule has 0 atom stereocenters. The number of ether oxygens (including phenoxy) is 1. The standard InChI is InChI=1S/C15H28O2/c1-4-7-13-8-10-15(11-9-13,14(16)6-3)17-12-5-2/h13H,4-12H2,1-3H3. The molecule has 0 amide bonds. The minimum atomic E-state index is -0.422. The average molecular weight is 240 g/mol. The Morgan fingerprint density at radius 1 is 1.18 bits per heavy atom. The highest BCUT2D eigenvalue weighted by molar-refractivity contribution is 5.87. The van der Waals surface area contributed by atoms with Crippen LogP contribution in [-0.2, 0) is 9.53 Å². The molecule has 1 rings (SSSR count). The molecule has 1 fully saturated rings. The van der Waals surface area contributed by atoms with Crippen LogP contribution in [0.5, 0.6) is 0 Å². The first-order valence-electron chi connectivity index (χ1n) is 7.35. The van der Waals surface area contributed by atoms with Crippen molar-refractivity contribution in [1.82, 2.24) is 0 Å². The lowest BCUT2D eigenvalue weighted by atomic mass is 9.74. The van der Waals surface area contributed by atoms with Gasteiger partial charge in [0, 0.05) is 13.0 Å². The van der Waals surface area contributed by atoms with Crippen molar-refractivity contribution in [2.45, 2.75) is 77.7 Å². The Kier molecular flexibility index (Phi) is 6.18. The molecule has 1 aliphatic carbocycles. The molecule has 0 unspecified atom stereocenters. The summed E-state index contributed by atoms with van der Waals surface area (Å²) in [5.74, 6) is 1.14. The Bertz CT molecular complexity index is 227. The molecule has 0 aromatic rings. The fraction of sp³-hybridized carbons (Fsp3) is 0.933. The molecule has 0 aliphatic heterocycles. The average Bonchev–Trinajstić information content (AvgIpc) is 2.37. The monoisotopic (exact) mass is 240 g/mol. The highest BCUT2D eigenvalue weighted by Gasteiger charge is 2.41. The maximum atomic E-state index is 12.1. The highest BCUT2D eigenvalue weighted by Crippen LogP contribution is 2.38. The van der Waals surface area contributed by atoms with Crippen LogP contribution < -0.4 is 0 Å². The van der Waals surface area contributed by atoms with Crippen molar-refractivity contribution >= 4 is 5.78 Å². The first-order valence-corrected chi connectivity index (χ1v) is 7.35. The van der Waals surface area contributed by atoms with Gasteiger partial charge in [0.25, 0.3) is 0 Å². The molecular weight excluding hydrogens is 212 g/mol. The first kappa shape index (κ1) is 14.7. The van der Waals surface area contributed by atoms with Crippen LogP contribution in [0.25, 0.3) is 0 Å². The third-order valence-corrected chi connectivity index (χ3v) is 4.02. The van der Waals surface area contributed by atoms with E-state index in [4.69, 9.17) is 4.74 Å². The van der Waals surface area contributed by atoms with E-state index in [1.54, 1.807) is 0 Å². The number of hydrogen-bond donors (Lipinski definition) is 0. The quantitative estimate of drug-likeness (QED) is 0.669. The molecule has 17 heavy (non-hydrogen) atoms. The SMILES string of the molecule is CCCOC1(C(=O)CC)CCC(CCC)CC1. The Morgan fingerprint density at radius 2 is 1.82 bits per heavy atom. The van der Waals surface area contributed by atoms with Crippen molar-refractivity contribution in [3.05, 3.63) is 0 Å². The number of ketones is 1. The molecule has 1 aliphatic rings. The molecule has 100 valence electrons. The Labute approximate surface area is 106 Å². The number of hydrogen-bond acceptors (Lipinski definition) is 2. The van der Waals surface area contributed by atoms with Crippen LogP contribution in [0, 0.1) is 5.92 Å². The fourth-order valence-corrected chi connectivity index (χ4v) is 2.96. The van der Waals surface area contributed by atoms with Crippen molar-refractivity contribution in [2.24, 2.45) is 5.92 Å². The molecular formula is C15H28O2. The van der Waals surface area contributed by atoms with Crippen LogP contribution >= 0.6 is 0 Å². The summed E-state index contributed by atoms with van der Waals surface area (Å²) in [5.41, 5.74) is -0.422. The minimum absolute atomic E-state index is 0.320. The second-order valence-electron chi connectivity index (χ2n) is 5.35. The van der Waals surface area contributed by atoms with Crippen molar-refractivity contribution in [3.8, 4) is 0 Å². The van der Waals surface area contributed by atoms with Gasteiger partial charge in [-0.15, -0.1) is 0 Å². The lowest BCUT2D eigenvalue weighted by molar-refractivity contribution is -0.151. The van der Waals surface area contributed by atoms with Gasteiger partial charge in [0.2, 0.25) is 0 Å². The number of rotatable bonds is 7. The van der Waals surface area contributed by atoms with Gasteiger partial charge in [-0.2, -0.15) is 0 Å². The zero-order valence-corrected chi connectivity index (χ0v) is 11.8.